The van der Waals surface area contributed by atoms with E-state index in [0.29, 0.717) is 5.02 Å². The molecule has 0 aliphatic carbocycles. The maximum atomic E-state index is 10.0. The van der Waals surface area contributed by atoms with Gasteiger partial charge >= 0.3 is 0 Å². The predicted molar refractivity (Wildman–Crippen MR) is 87.7 cm³/mol. The fourth-order valence-electron chi connectivity index (χ4n) is 3.31. The Morgan fingerprint density at radius 2 is 2.09 bits per heavy atom. The van der Waals surface area contributed by atoms with Crippen LogP contribution in [0, 0.1) is 0 Å². The van der Waals surface area contributed by atoms with Gasteiger partial charge in [0.1, 0.15) is 11.3 Å². The monoisotopic (exact) mass is 313 g/mol. The lowest BCUT2D eigenvalue weighted by Gasteiger charge is -2.19. The summed E-state index contributed by atoms with van der Waals surface area (Å²) in [6.07, 6.45) is 2.62. The van der Waals surface area contributed by atoms with Gasteiger partial charge in [0.25, 0.3) is 0 Å². The van der Waals surface area contributed by atoms with Crippen LogP contribution in [-0.4, -0.2) is 18.2 Å². The van der Waals surface area contributed by atoms with Gasteiger partial charge in [-0.25, -0.2) is 0 Å². The van der Waals surface area contributed by atoms with Crippen molar-refractivity contribution in [3.8, 4) is 5.75 Å². The normalized spacial score (nSPS) is 18.1. The zero-order valence-corrected chi connectivity index (χ0v) is 12.7. The lowest BCUT2D eigenvalue weighted by atomic mass is 9.87. The van der Waals surface area contributed by atoms with Gasteiger partial charge in [-0.2, -0.15) is 0 Å². The number of nitrogens with one attached hydrogen (secondary N) is 1. The second-order valence-electron chi connectivity index (χ2n) is 5.70. The van der Waals surface area contributed by atoms with Gasteiger partial charge in [0, 0.05) is 23.4 Å². The molecule has 0 saturated heterocycles. The molecule has 0 spiro atoms. The lowest BCUT2D eigenvalue weighted by Crippen LogP contribution is -2.21. The van der Waals surface area contributed by atoms with Gasteiger partial charge in [-0.15, -0.1) is 0 Å². The molecule has 0 saturated carbocycles. The van der Waals surface area contributed by atoms with Crippen molar-refractivity contribution in [2.45, 2.75) is 12.3 Å². The number of hydrogen-bond donors (Lipinski definition) is 2. The Morgan fingerprint density at radius 3 is 3.00 bits per heavy atom. The first-order chi connectivity index (χ1) is 10.7. The maximum Gasteiger partial charge on any atom is 0.137 e. The molecule has 4 heteroatoms. The van der Waals surface area contributed by atoms with E-state index in [-0.39, 0.29) is 11.7 Å². The van der Waals surface area contributed by atoms with Crippen LogP contribution in [-0.2, 0) is 6.42 Å². The largest absolute Gasteiger partial charge is 0.506 e. The van der Waals surface area contributed by atoms with Gasteiger partial charge in [0.2, 0.25) is 0 Å². The molecule has 1 aliphatic heterocycles. The van der Waals surface area contributed by atoms with Crippen LogP contribution < -0.4 is 5.32 Å². The van der Waals surface area contributed by atoms with Crippen molar-refractivity contribution in [3.05, 3.63) is 64.4 Å². The molecule has 0 amide bonds. The van der Waals surface area contributed by atoms with Crippen molar-refractivity contribution in [3.63, 3.8) is 0 Å². The lowest BCUT2D eigenvalue weighted by molar-refractivity contribution is 0.474. The molecule has 2 heterocycles. The average Bonchev–Trinajstić information content (AvgIpc) is 2.91. The number of aromatic hydroxyl groups is 1. The fourth-order valence-corrected chi connectivity index (χ4v) is 3.49. The Labute approximate surface area is 133 Å². The van der Waals surface area contributed by atoms with E-state index in [4.69, 9.17) is 16.0 Å². The second-order valence-corrected chi connectivity index (χ2v) is 6.10. The van der Waals surface area contributed by atoms with E-state index < -0.39 is 0 Å². The van der Waals surface area contributed by atoms with Crippen molar-refractivity contribution >= 4 is 22.6 Å². The molecule has 3 nitrogen and oxygen atoms in total. The number of benzene rings is 2. The predicted octanol–water partition coefficient (Wildman–Crippen LogP) is 4.07. The molecule has 0 fully saturated rings. The summed E-state index contributed by atoms with van der Waals surface area (Å²) >= 11 is 6.08. The SMILES string of the molecule is Oc1cc2c(cc1Cl)CCNCC2c1cccc2ccoc12. The highest BCUT2D eigenvalue weighted by molar-refractivity contribution is 6.32. The number of furan rings is 1. The highest BCUT2D eigenvalue weighted by atomic mass is 35.5. The summed E-state index contributed by atoms with van der Waals surface area (Å²) < 4.78 is 5.70. The Hall–Kier alpha value is -1.97. The molecule has 0 bridgehead atoms. The molecule has 112 valence electrons. The topological polar surface area (TPSA) is 45.4 Å². The van der Waals surface area contributed by atoms with Crippen molar-refractivity contribution in [1.29, 1.82) is 0 Å². The summed E-state index contributed by atoms with van der Waals surface area (Å²) in [6.45, 7) is 1.71. The van der Waals surface area contributed by atoms with Crippen LogP contribution >= 0.6 is 11.6 Å². The molecule has 0 radical (unpaired) electrons. The number of halogens is 1. The van der Waals surface area contributed by atoms with Crippen LogP contribution in [0.3, 0.4) is 0 Å². The first-order valence-electron chi connectivity index (χ1n) is 7.42. The minimum atomic E-state index is 0.135. The zero-order chi connectivity index (χ0) is 15.1. The smallest absolute Gasteiger partial charge is 0.137 e. The molecule has 22 heavy (non-hydrogen) atoms. The number of para-hydroxylation sites is 1. The van der Waals surface area contributed by atoms with Gasteiger partial charge < -0.3 is 14.8 Å². The molecule has 4 rings (SSSR count). The Balaban J connectivity index is 1.92. The van der Waals surface area contributed by atoms with E-state index in [1.807, 2.05) is 24.3 Å². The zero-order valence-electron chi connectivity index (χ0n) is 12.0. The molecule has 1 atom stereocenters. The number of phenols is 1. The number of hydrogen-bond acceptors (Lipinski definition) is 3. The summed E-state index contributed by atoms with van der Waals surface area (Å²) in [5, 5.41) is 15.0. The summed E-state index contributed by atoms with van der Waals surface area (Å²) in [5.41, 5.74) is 4.36. The first kappa shape index (κ1) is 13.7. The van der Waals surface area contributed by atoms with Crippen LogP contribution in [0.5, 0.6) is 5.75 Å². The minimum absolute atomic E-state index is 0.135. The summed E-state index contributed by atoms with van der Waals surface area (Å²) in [7, 11) is 0. The number of rotatable bonds is 1. The highest BCUT2D eigenvalue weighted by Crippen LogP contribution is 2.37. The molecule has 1 aromatic heterocycles. The van der Waals surface area contributed by atoms with Gasteiger partial charge in [0.05, 0.1) is 11.3 Å². The van der Waals surface area contributed by atoms with Crippen LogP contribution in [0.25, 0.3) is 11.0 Å². The van der Waals surface area contributed by atoms with Gasteiger partial charge in [-0.3, -0.25) is 0 Å². The quantitative estimate of drug-likeness (QED) is 0.712. The summed E-state index contributed by atoms with van der Waals surface area (Å²) in [6, 6.07) is 11.9. The van der Waals surface area contributed by atoms with E-state index >= 15 is 0 Å². The minimum Gasteiger partial charge on any atom is -0.506 e. The third-order valence-electron chi connectivity index (χ3n) is 4.39. The Bertz CT molecular complexity index is 840. The van der Waals surface area contributed by atoms with E-state index in [1.54, 1.807) is 12.3 Å². The number of phenolic OH excluding ortho intramolecular Hbond substituents is 1. The van der Waals surface area contributed by atoms with Crippen LogP contribution in [0.15, 0.2) is 47.1 Å². The average molecular weight is 314 g/mol. The summed E-state index contributed by atoms with van der Waals surface area (Å²) in [4.78, 5) is 0. The molecule has 1 unspecified atom stereocenters. The summed E-state index contributed by atoms with van der Waals surface area (Å²) in [5.74, 6) is 0.273. The third-order valence-corrected chi connectivity index (χ3v) is 4.69. The standard InChI is InChI=1S/C18H16ClNO2/c19-16-8-12-4-6-20-10-15(14(12)9-17(16)21)13-3-1-2-11-5-7-22-18(11)13/h1-3,5,7-9,15,20-21H,4,6,10H2. The van der Waals surface area contributed by atoms with Crippen LogP contribution in [0.4, 0.5) is 0 Å². The molecule has 2 aromatic carbocycles. The highest BCUT2D eigenvalue weighted by Gasteiger charge is 2.24. The molecular weight excluding hydrogens is 298 g/mol. The van der Waals surface area contributed by atoms with Gasteiger partial charge in [-0.1, -0.05) is 29.8 Å². The fraction of sp³-hybridized carbons (Fsp3) is 0.222. The van der Waals surface area contributed by atoms with Gasteiger partial charge in [-0.05, 0) is 42.3 Å². The van der Waals surface area contributed by atoms with Crippen molar-refractivity contribution in [2.75, 3.05) is 13.1 Å². The van der Waals surface area contributed by atoms with Crippen LogP contribution in [0.1, 0.15) is 22.6 Å². The van der Waals surface area contributed by atoms with Crippen molar-refractivity contribution in [1.82, 2.24) is 5.32 Å². The van der Waals surface area contributed by atoms with Crippen molar-refractivity contribution < 1.29 is 9.52 Å². The molecular formula is C18H16ClNO2. The Morgan fingerprint density at radius 1 is 1.18 bits per heavy atom. The Kier molecular flexibility index (Phi) is 3.32. The first-order valence-corrected chi connectivity index (χ1v) is 7.80. The maximum absolute atomic E-state index is 10.0. The van der Waals surface area contributed by atoms with E-state index in [9.17, 15) is 5.11 Å². The van der Waals surface area contributed by atoms with Crippen LogP contribution in [0.2, 0.25) is 5.02 Å². The molecule has 1 aliphatic rings. The second kappa shape index (κ2) is 5.34. The molecule has 2 N–H and O–H groups in total. The van der Waals surface area contributed by atoms with E-state index in [0.717, 1.165) is 41.6 Å². The van der Waals surface area contributed by atoms with Crippen molar-refractivity contribution in [2.24, 2.45) is 0 Å². The van der Waals surface area contributed by atoms with Gasteiger partial charge in [0.15, 0.2) is 0 Å². The number of fused-ring (bicyclic) bond motifs is 2. The third kappa shape index (κ3) is 2.18. The van der Waals surface area contributed by atoms with E-state index in [1.165, 1.54) is 5.56 Å². The van der Waals surface area contributed by atoms with E-state index in [2.05, 4.69) is 11.4 Å². The molecule has 3 aromatic rings.